The van der Waals surface area contributed by atoms with Crippen LogP contribution in [-0.2, 0) is 27.4 Å². The summed E-state index contributed by atoms with van der Waals surface area (Å²) >= 11 is 5.59. The molecule has 1 fully saturated rings. The molecule has 0 radical (unpaired) electrons. The molecule has 0 N–H and O–H groups in total. The van der Waals surface area contributed by atoms with E-state index in [0.29, 0.717) is 37.0 Å². The highest BCUT2D eigenvalue weighted by atomic mass is 35.5. The molecule has 0 saturated carbocycles. The first-order valence-corrected chi connectivity index (χ1v) is 9.44. The first kappa shape index (κ1) is 15.0. The Balaban J connectivity index is 2.10. The maximum atomic E-state index is 12.3. The highest BCUT2D eigenvalue weighted by molar-refractivity contribution is 7.89. The molecule has 1 aromatic rings. The lowest BCUT2D eigenvalue weighted by atomic mass is 10.5. The van der Waals surface area contributed by atoms with Gasteiger partial charge in [-0.05, 0) is 6.42 Å². The SMILES string of the molecule is O=S1CCN(S(=O)(=O)c2cnn(CCCCl)c2)CC1. The van der Waals surface area contributed by atoms with Crippen molar-refractivity contribution in [1.82, 2.24) is 14.1 Å². The summed E-state index contributed by atoms with van der Waals surface area (Å²) in [6.07, 6.45) is 3.62. The van der Waals surface area contributed by atoms with Crippen LogP contribution >= 0.6 is 11.6 Å². The molecule has 0 aromatic carbocycles. The first-order valence-electron chi connectivity index (χ1n) is 5.97. The normalized spacial score (nSPS) is 18.8. The predicted octanol–water partition coefficient (Wildman–Crippen LogP) is 0.265. The van der Waals surface area contributed by atoms with E-state index in [1.807, 2.05) is 0 Å². The number of halogens is 1. The number of hydrogen-bond acceptors (Lipinski definition) is 4. The summed E-state index contributed by atoms with van der Waals surface area (Å²) in [7, 11) is -4.40. The van der Waals surface area contributed by atoms with Crippen molar-refractivity contribution in [2.24, 2.45) is 0 Å². The summed E-state index contributed by atoms with van der Waals surface area (Å²) in [5.41, 5.74) is 0. The average Bonchev–Trinajstić information content (AvgIpc) is 2.86. The van der Waals surface area contributed by atoms with Crippen LogP contribution in [0.15, 0.2) is 17.3 Å². The van der Waals surface area contributed by atoms with Gasteiger partial charge in [-0.25, -0.2) is 8.42 Å². The molecule has 1 saturated heterocycles. The van der Waals surface area contributed by atoms with Gasteiger partial charge in [0, 0.05) is 54.0 Å². The molecule has 0 atom stereocenters. The lowest BCUT2D eigenvalue weighted by molar-refractivity contribution is 0.438. The lowest BCUT2D eigenvalue weighted by Crippen LogP contribution is -2.41. The van der Waals surface area contributed by atoms with Crippen molar-refractivity contribution in [3.05, 3.63) is 12.4 Å². The van der Waals surface area contributed by atoms with Crippen molar-refractivity contribution in [2.45, 2.75) is 17.9 Å². The number of sulfonamides is 1. The van der Waals surface area contributed by atoms with Gasteiger partial charge >= 0.3 is 0 Å². The Labute approximate surface area is 120 Å². The summed E-state index contributed by atoms with van der Waals surface area (Å²) in [5.74, 6) is 1.32. The third-order valence-corrected chi connectivity index (χ3v) is 6.30. The zero-order valence-corrected chi connectivity index (χ0v) is 12.8. The van der Waals surface area contributed by atoms with Crippen molar-refractivity contribution < 1.29 is 12.6 Å². The Hall–Kier alpha value is -0.440. The maximum Gasteiger partial charge on any atom is 0.246 e. The molecule has 0 bridgehead atoms. The van der Waals surface area contributed by atoms with Crippen LogP contribution in [0.1, 0.15) is 6.42 Å². The van der Waals surface area contributed by atoms with E-state index >= 15 is 0 Å². The number of alkyl halides is 1. The van der Waals surface area contributed by atoms with E-state index in [1.165, 1.54) is 16.7 Å². The van der Waals surface area contributed by atoms with E-state index in [0.717, 1.165) is 6.42 Å². The molecule has 0 aliphatic carbocycles. The summed E-state index contributed by atoms with van der Waals surface area (Å²) in [5, 5.41) is 4.02. The van der Waals surface area contributed by atoms with Crippen molar-refractivity contribution in [2.75, 3.05) is 30.5 Å². The van der Waals surface area contributed by atoms with E-state index < -0.39 is 20.8 Å². The fourth-order valence-electron chi connectivity index (χ4n) is 1.83. The molecule has 2 heterocycles. The molecule has 0 amide bonds. The summed E-state index contributed by atoms with van der Waals surface area (Å²) in [6, 6.07) is 0. The highest BCUT2D eigenvalue weighted by Gasteiger charge is 2.29. The third kappa shape index (κ3) is 3.56. The van der Waals surface area contributed by atoms with Crippen LogP contribution in [0.5, 0.6) is 0 Å². The van der Waals surface area contributed by atoms with Crippen LogP contribution < -0.4 is 0 Å². The van der Waals surface area contributed by atoms with Crippen LogP contribution in [0.2, 0.25) is 0 Å². The van der Waals surface area contributed by atoms with Gasteiger partial charge in [0.25, 0.3) is 0 Å². The molecular formula is C10H16ClN3O3S2. The van der Waals surface area contributed by atoms with Gasteiger partial charge in [-0.2, -0.15) is 9.40 Å². The Morgan fingerprint density at radius 3 is 2.68 bits per heavy atom. The Bertz CT molecular complexity index is 548. The van der Waals surface area contributed by atoms with E-state index in [-0.39, 0.29) is 4.90 Å². The minimum absolute atomic E-state index is 0.190. The third-order valence-electron chi connectivity index (χ3n) is 2.90. The molecule has 19 heavy (non-hydrogen) atoms. The molecule has 1 aromatic heterocycles. The number of nitrogens with zero attached hydrogens (tertiary/aromatic N) is 3. The molecule has 108 valence electrons. The van der Waals surface area contributed by atoms with Crippen LogP contribution in [0.3, 0.4) is 0 Å². The monoisotopic (exact) mass is 325 g/mol. The van der Waals surface area contributed by atoms with Crippen molar-refractivity contribution in [1.29, 1.82) is 0 Å². The minimum Gasteiger partial charge on any atom is -0.271 e. The minimum atomic E-state index is -3.51. The van der Waals surface area contributed by atoms with E-state index in [2.05, 4.69) is 5.10 Å². The Kier molecular flexibility index (Phi) is 4.99. The number of aromatic nitrogens is 2. The molecule has 9 heteroatoms. The largest absolute Gasteiger partial charge is 0.271 e. The number of aryl methyl sites for hydroxylation is 1. The standard InChI is InChI=1S/C10H16ClN3O3S2/c11-2-1-3-13-9-10(8-12-13)19(16,17)14-4-6-18(15)7-5-14/h8-9H,1-7H2. The first-order chi connectivity index (χ1) is 9.04. The fourth-order valence-corrected chi connectivity index (χ4v) is 4.63. The van der Waals surface area contributed by atoms with Crippen molar-refractivity contribution in [3.8, 4) is 0 Å². The fraction of sp³-hybridized carbons (Fsp3) is 0.700. The number of hydrogen-bond donors (Lipinski definition) is 0. The second-order valence-corrected chi connectivity index (χ2v) is 8.25. The zero-order chi connectivity index (χ0) is 13.9. The van der Waals surface area contributed by atoms with Crippen LogP contribution in [0, 0.1) is 0 Å². The van der Waals surface area contributed by atoms with E-state index in [9.17, 15) is 12.6 Å². The van der Waals surface area contributed by atoms with Gasteiger partial charge in [-0.1, -0.05) is 0 Å². The molecule has 0 unspecified atom stereocenters. The lowest BCUT2D eigenvalue weighted by Gasteiger charge is -2.24. The van der Waals surface area contributed by atoms with Crippen LogP contribution in [0.4, 0.5) is 0 Å². The molecule has 1 aliphatic rings. The van der Waals surface area contributed by atoms with Gasteiger partial charge in [-0.3, -0.25) is 8.89 Å². The second kappa shape index (κ2) is 6.34. The molecule has 6 nitrogen and oxygen atoms in total. The zero-order valence-electron chi connectivity index (χ0n) is 10.4. The highest BCUT2D eigenvalue weighted by Crippen LogP contribution is 2.16. The summed E-state index contributed by atoms with van der Waals surface area (Å²) < 4.78 is 38.9. The van der Waals surface area contributed by atoms with E-state index in [4.69, 9.17) is 11.6 Å². The molecule has 2 rings (SSSR count). The Morgan fingerprint density at radius 1 is 1.37 bits per heavy atom. The van der Waals surface area contributed by atoms with Crippen LogP contribution in [0.25, 0.3) is 0 Å². The van der Waals surface area contributed by atoms with Gasteiger partial charge < -0.3 is 0 Å². The van der Waals surface area contributed by atoms with E-state index in [1.54, 1.807) is 4.68 Å². The quantitative estimate of drug-likeness (QED) is 0.728. The van der Waals surface area contributed by atoms with Gasteiger partial charge in [0.15, 0.2) is 0 Å². The van der Waals surface area contributed by atoms with Gasteiger partial charge in [0.2, 0.25) is 10.0 Å². The van der Waals surface area contributed by atoms with Gasteiger partial charge in [0.1, 0.15) is 4.90 Å². The summed E-state index contributed by atoms with van der Waals surface area (Å²) in [6.45, 7) is 1.21. The molecule has 0 spiro atoms. The summed E-state index contributed by atoms with van der Waals surface area (Å²) in [4.78, 5) is 0.190. The van der Waals surface area contributed by atoms with Crippen molar-refractivity contribution >= 4 is 32.4 Å². The van der Waals surface area contributed by atoms with Gasteiger partial charge in [0.05, 0.1) is 6.20 Å². The average molecular weight is 326 g/mol. The Morgan fingerprint density at radius 2 is 2.05 bits per heavy atom. The second-order valence-electron chi connectivity index (χ2n) is 4.23. The van der Waals surface area contributed by atoms with Crippen molar-refractivity contribution in [3.63, 3.8) is 0 Å². The van der Waals surface area contributed by atoms with Crippen LogP contribution in [-0.4, -0.2) is 57.2 Å². The van der Waals surface area contributed by atoms with Gasteiger partial charge in [-0.15, -0.1) is 11.6 Å². The molecular weight excluding hydrogens is 310 g/mol. The predicted molar refractivity (Wildman–Crippen MR) is 74.2 cm³/mol. The topological polar surface area (TPSA) is 72.3 Å². The number of rotatable bonds is 5. The smallest absolute Gasteiger partial charge is 0.246 e. The maximum absolute atomic E-state index is 12.3. The molecule has 1 aliphatic heterocycles.